The lowest BCUT2D eigenvalue weighted by Gasteiger charge is -2.11. The average Bonchev–Trinajstić information content (AvgIpc) is 2.15. The molecule has 0 aromatic heterocycles. The van der Waals surface area contributed by atoms with Crippen molar-refractivity contribution in [2.75, 3.05) is 7.05 Å². The van der Waals surface area contributed by atoms with E-state index in [0.29, 0.717) is 11.5 Å². The highest BCUT2D eigenvalue weighted by Gasteiger charge is 2.02. The second-order valence-corrected chi connectivity index (χ2v) is 2.99. The molecule has 0 spiro atoms. The molecule has 0 aromatic carbocycles. The van der Waals surface area contributed by atoms with E-state index >= 15 is 0 Å². The molecule has 0 saturated carbocycles. The van der Waals surface area contributed by atoms with Gasteiger partial charge >= 0.3 is 0 Å². The molecule has 0 amide bonds. The number of rotatable bonds is 5. The van der Waals surface area contributed by atoms with Crippen LogP contribution in [-0.4, -0.2) is 7.05 Å². The largest absolute Gasteiger partial charge is 0.458 e. The minimum Gasteiger partial charge on any atom is -0.458 e. The van der Waals surface area contributed by atoms with Gasteiger partial charge in [0.05, 0.1) is 0 Å². The predicted molar refractivity (Wildman–Crippen MR) is 61.6 cm³/mol. The van der Waals surface area contributed by atoms with Crippen LogP contribution >= 0.6 is 0 Å². The van der Waals surface area contributed by atoms with Crippen LogP contribution in [0.25, 0.3) is 0 Å². The van der Waals surface area contributed by atoms with Gasteiger partial charge < -0.3 is 10.1 Å². The van der Waals surface area contributed by atoms with Crippen LogP contribution in [-0.2, 0) is 4.74 Å². The van der Waals surface area contributed by atoms with Crippen LogP contribution in [0.4, 0.5) is 0 Å². The monoisotopic (exact) mass is 193 g/mol. The minimum absolute atomic E-state index is 0.598. The highest BCUT2D eigenvalue weighted by Crippen LogP contribution is 2.15. The van der Waals surface area contributed by atoms with Crippen molar-refractivity contribution in [2.24, 2.45) is 0 Å². The lowest BCUT2D eigenvalue weighted by Crippen LogP contribution is -2.06. The van der Waals surface area contributed by atoms with Crippen molar-refractivity contribution >= 4 is 0 Å². The molecule has 0 radical (unpaired) electrons. The average molecular weight is 193 g/mol. The fourth-order valence-corrected chi connectivity index (χ4v) is 0.851. The molecule has 0 aromatic rings. The summed E-state index contributed by atoms with van der Waals surface area (Å²) in [4.78, 5) is 0. The van der Waals surface area contributed by atoms with E-state index in [9.17, 15) is 0 Å². The Kier molecular flexibility index (Phi) is 5.46. The van der Waals surface area contributed by atoms with Crippen LogP contribution in [0, 0.1) is 0 Å². The summed E-state index contributed by atoms with van der Waals surface area (Å²) in [6.07, 6.45) is 3.67. The van der Waals surface area contributed by atoms with Crippen LogP contribution in [0.15, 0.2) is 48.1 Å². The van der Waals surface area contributed by atoms with E-state index < -0.39 is 0 Å². The third kappa shape index (κ3) is 3.99. The third-order valence-corrected chi connectivity index (χ3v) is 1.96. The Bertz CT molecular complexity index is 285. The summed E-state index contributed by atoms with van der Waals surface area (Å²) < 4.78 is 5.40. The van der Waals surface area contributed by atoms with Gasteiger partial charge in [-0.1, -0.05) is 19.2 Å². The van der Waals surface area contributed by atoms with Gasteiger partial charge in [0.25, 0.3) is 0 Å². The van der Waals surface area contributed by atoms with Gasteiger partial charge in [-0.15, -0.1) is 0 Å². The van der Waals surface area contributed by atoms with Crippen molar-refractivity contribution in [3.63, 3.8) is 0 Å². The highest BCUT2D eigenvalue weighted by atomic mass is 16.5. The van der Waals surface area contributed by atoms with Crippen molar-refractivity contribution in [1.29, 1.82) is 0 Å². The van der Waals surface area contributed by atoms with E-state index in [1.807, 2.05) is 33.9 Å². The van der Waals surface area contributed by atoms with Crippen LogP contribution < -0.4 is 5.32 Å². The molecule has 0 heterocycles. The molecule has 0 saturated heterocycles. The Morgan fingerprint density at radius 2 is 1.86 bits per heavy atom. The first-order valence-electron chi connectivity index (χ1n) is 4.56. The van der Waals surface area contributed by atoms with Gasteiger partial charge in [-0.05, 0) is 26.8 Å². The molecule has 0 fully saturated rings. The minimum atomic E-state index is 0.598. The molecule has 0 unspecified atom stereocenters. The molecular formula is C12H19NO. The zero-order valence-electron chi connectivity index (χ0n) is 9.48. The van der Waals surface area contributed by atoms with E-state index in [2.05, 4.69) is 18.5 Å². The topological polar surface area (TPSA) is 21.3 Å². The van der Waals surface area contributed by atoms with Crippen LogP contribution in [0.5, 0.6) is 0 Å². The molecule has 0 bridgehead atoms. The third-order valence-electron chi connectivity index (χ3n) is 1.96. The molecule has 2 nitrogen and oxygen atoms in total. The van der Waals surface area contributed by atoms with Crippen LogP contribution in [0.1, 0.15) is 20.8 Å². The van der Waals surface area contributed by atoms with Gasteiger partial charge in [0, 0.05) is 18.3 Å². The maximum absolute atomic E-state index is 5.40. The Hall–Kier alpha value is -1.44. The summed E-state index contributed by atoms with van der Waals surface area (Å²) >= 11 is 0. The van der Waals surface area contributed by atoms with Gasteiger partial charge in [-0.3, -0.25) is 0 Å². The van der Waals surface area contributed by atoms with Gasteiger partial charge in [0.2, 0.25) is 0 Å². The second-order valence-electron chi connectivity index (χ2n) is 2.99. The van der Waals surface area contributed by atoms with Crippen molar-refractivity contribution < 1.29 is 4.74 Å². The first-order chi connectivity index (χ1) is 6.52. The van der Waals surface area contributed by atoms with Crippen molar-refractivity contribution in [2.45, 2.75) is 20.8 Å². The lowest BCUT2D eigenvalue weighted by molar-refractivity contribution is 0.332. The van der Waals surface area contributed by atoms with Crippen LogP contribution in [0.3, 0.4) is 0 Å². The van der Waals surface area contributed by atoms with Crippen LogP contribution in [0.2, 0.25) is 0 Å². The Balaban J connectivity index is 4.44. The van der Waals surface area contributed by atoms with E-state index in [1.54, 1.807) is 6.08 Å². The standard InChI is InChI=1S/C12H19NO/c1-7-8-9(2)14-12(5)10(3)11(4)13-6/h7-8,13H,2,5H2,1,3-4,6H3/b8-7-,11-10+. The Morgan fingerprint density at radius 1 is 1.29 bits per heavy atom. The zero-order valence-corrected chi connectivity index (χ0v) is 9.48. The molecule has 78 valence electrons. The highest BCUT2D eigenvalue weighted by molar-refractivity contribution is 5.27. The molecule has 14 heavy (non-hydrogen) atoms. The van der Waals surface area contributed by atoms with Gasteiger partial charge in [0.15, 0.2) is 0 Å². The zero-order chi connectivity index (χ0) is 11.1. The van der Waals surface area contributed by atoms with Gasteiger partial charge in [0.1, 0.15) is 11.5 Å². The molecule has 1 N–H and O–H groups in total. The smallest absolute Gasteiger partial charge is 0.124 e. The molecule has 0 atom stereocenters. The molecule has 0 rings (SSSR count). The maximum atomic E-state index is 5.40. The van der Waals surface area contributed by atoms with Gasteiger partial charge in [-0.2, -0.15) is 0 Å². The maximum Gasteiger partial charge on any atom is 0.124 e. The number of hydrogen-bond acceptors (Lipinski definition) is 2. The van der Waals surface area contributed by atoms with E-state index in [4.69, 9.17) is 4.74 Å². The van der Waals surface area contributed by atoms with E-state index in [0.717, 1.165) is 11.3 Å². The summed E-state index contributed by atoms with van der Waals surface area (Å²) in [7, 11) is 1.87. The van der Waals surface area contributed by atoms with Crippen molar-refractivity contribution in [3.05, 3.63) is 48.1 Å². The normalized spacial score (nSPS) is 12.3. The van der Waals surface area contributed by atoms with Crippen molar-refractivity contribution in [1.82, 2.24) is 5.32 Å². The second kappa shape index (κ2) is 6.08. The molecular weight excluding hydrogens is 174 g/mol. The fourth-order valence-electron chi connectivity index (χ4n) is 0.851. The molecule has 0 aliphatic rings. The number of hydrogen-bond donors (Lipinski definition) is 1. The number of allylic oxidation sites excluding steroid dienone is 4. The molecule has 0 aliphatic heterocycles. The predicted octanol–water partition coefficient (Wildman–Crippen LogP) is 3.12. The summed E-state index contributed by atoms with van der Waals surface area (Å²) in [5.74, 6) is 1.22. The summed E-state index contributed by atoms with van der Waals surface area (Å²) in [6.45, 7) is 13.4. The molecule has 2 heteroatoms. The quantitative estimate of drug-likeness (QED) is 0.535. The summed E-state index contributed by atoms with van der Waals surface area (Å²) in [5, 5.41) is 3.04. The fraction of sp³-hybridized carbons (Fsp3) is 0.333. The first kappa shape index (κ1) is 12.6. The van der Waals surface area contributed by atoms with E-state index in [1.165, 1.54) is 0 Å². The number of nitrogens with one attached hydrogen (secondary N) is 1. The molecule has 0 aliphatic carbocycles. The van der Waals surface area contributed by atoms with Gasteiger partial charge in [-0.25, -0.2) is 0 Å². The first-order valence-corrected chi connectivity index (χ1v) is 4.56. The van der Waals surface area contributed by atoms with E-state index in [-0.39, 0.29) is 0 Å². The Morgan fingerprint density at radius 3 is 2.29 bits per heavy atom. The Labute approximate surface area is 86.7 Å². The van der Waals surface area contributed by atoms with Crippen molar-refractivity contribution in [3.8, 4) is 0 Å². The summed E-state index contributed by atoms with van der Waals surface area (Å²) in [5.41, 5.74) is 2.04. The SMILES string of the molecule is C=C(/C=C\C)OC(=C)/C(C)=C(\C)NC. The lowest BCUT2D eigenvalue weighted by atomic mass is 10.2. The number of ether oxygens (including phenoxy) is 1. The summed E-state index contributed by atoms with van der Waals surface area (Å²) in [6, 6.07) is 0.